The van der Waals surface area contributed by atoms with Crippen molar-refractivity contribution in [3.05, 3.63) is 59.7 Å². The van der Waals surface area contributed by atoms with E-state index in [-0.39, 0.29) is 5.91 Å². The van der Waals surface area contributed by atoms with E-state index in [1.807, 2.05) is 62.4 Å². The van der Waals surface area contributed by atoms with Gasteiger partial charge in [0.05, 0.1) is 0 Å². The number of carbonyl (C=O) groups excluding carboxylic acids is 1. The van der Waals surface area contributed by atoms with Crippen molar-refractivity contribution in [2.45, 2.75) is 18.7 Å². The number of anilines is 1. The van der Waals surface area contributed by atoms with Crippen molar-refractivity contribution in [1.29, 1.82) is 0 Å². The fourth-order valence-corrected chi connectivity index (χ4v) is 2.15. The lowest BCUT2D eigenvalue weighted by molar-refractivity contribution is 0.0988. The van der Waals surface area contributed by atoms with Gasteiger partial charge in [0.1, 0.15) is 0 Å². The number of amides is 1. The first-order valence-electron chi connectivity index (χ1n) is 6.29. The molecule has 1 amide bonds. The normalized spacial score (nSPS) is 10.3. The summed E-state index contributed by atoms with van der Waals surface area (Å²) in [7, 11) is 0. The molecule has 0 heterocycles. The maximum Gasteiger partial charge on any atom is 0.258 e. The predicted molar refractivity (Wildman–Crippen MR) is 82.2 cm³/mol. The van der Waals surface area contributed by atoms with Gasteiger partial charge in [-0.2, -0.15) is 0 Å². The van der Waals surface area contributed by atoms with Crippen LogP contribution in [-0.2, 0) is 0 Å². The van der Waals surface area contributed by atoms with Crippen LogP contribution in [0.25, 0.3) is 0 Å². The summed E-state index contributed by atoms with van der Waals surface area (Å²) < 4.78 is 0. The van der Waals surface area contributed by atoms with Gasteiger partial charge in [0.15, 0.2) is 0 Å². The maximum atomic E-state index is 12.5. The van der Waals surface area contributed by atoms with E-state index in [1.165, 1.54) is 0 Å². The molecule has 0 aromatic heterocycles. The second-order valence-corrected chi connectivity index (χ2v) is 4.95. The quantitative estimate of drug-likeness (QED) is 0.838. The van der Waals surface area contributed by atoms with Gasteiger partial charge < -0.3 is 4.90 Å². The molecule has 0 aliphatic carbocycles. The average molecular weight is 271 g/mol. The molecule has 2 rings (SSSR count). The summed E-state index contributed by atoms with van der Waals surface area (Å²) >= 11 is 4.23. The Labute approximate surface area is 119 Å². The summed E-state index contributed by atoms with van der Waals surface area (Å²) in [4.78, 5) is 15.1. The van der Waals surface area contributed by atoms with Gasteiger partial charge >= 0.3 is 0 Å². The molecule has 0 bridgehead atoms. The molecular weight excluding hydrogens is 254 g/mol. The van der Waals surface area contributed by atoms with E-state index in [4.69, 9.17) is 0 Å². The first-order valence-corrected chi connectivity index (χ1v) is 6.74. The number of thiol groups is 1. The van der Waals surface area contributed by atoms with Crippen molar-refractivity contribution in [2.75, 3.05) is 11.4 Å². The summed E-state index contributed by atoms with van der Waals surface area (Å²) in [5.41, 5.74) is 2.76. The molecule has 0 radical (unpaired) electrons. The average Bonchev–Trinajstić information content (AvgIpc) is 2.40. The van der Waals surface area contributed by atoms with E-state index in [2.05, 4.69) is 12.6 Å². The van der Waals surface area contributed by atoms with Crippen LogP contribution in [-0.4, -0.2) is 12.5 Å². The SMILES string of the molecule is CCN(C(=O)c1ccc(S)cc1)c1cccc(C)c1. The number of rotatable bonds is 3. The van der Waals surface area contributed by atoms with Gasteiger partial charge in [0, 0.05) is 22.7 Å². The summed E-state index contributed by atoms with van der Waals surface area (Å²) in [5.74, 6) is 0.0152. The predicted octanol–water partition coefficient (Wildman–Crippen LogP) is 3.95. The second-order valence-electron chi connectivity index (χ2n) is 4.44. The zero-order chi connectivity index (χ0) is 13.8. The number of aryl methyl sites for hydroxylation is 1. The van der Waals surface area contributed by atoms with Gasteiger partial charge in [-0.1, -0.05) is 12.1 Å². The van der Waals surface area contributed by atoms with E-state index in [0.717, 1.165) is 16.1 Å². The first-order chi connectivity index (χ1) is 9.11. The molecule has 0 N–H and O–H groups in total. The zero-order valence-corrected chi connectivity index (χ0v) is 12.0. The minimum Gasteiger partial charge on any atom is -0.309 e. The second kappa shape index (κ2) is 5.93. The van der Waals surface area contributed by atoms with Gasteiger partial charge in [-0.25, -0.2) is 0 Å². The van der Waals surface area contributed by atoms with E-state index >= 15 is 0 Å². The molecule has 0 atom stereocenters. The van der Waals surface area contributed by atoms with Gasteiger partial charge in [-0.05, 0) is 55.8 Å². The highest BCUT2D eigenvalue weighted by atomic mass is 32.1. The Morgan fingerprint density at radius 3 is 2.42 bits per heavy atom. The molecule has 98 valence electrons. The summed E-state index contributed by atoms with van der Waals surface area (Å²) in [6.45, 7) is 4.65. The van der Waals surface area contributed by atoms with Crippen LogP contribution in [0.1, 0.15) is 22.8 Å². The molecular formula is C16H17NOS. The maximum absolute atomic E-state index is 12.5. The third-order valence-electron chi connectivity index (χ3n) is 2.99. The lowest BCUT2D eigenvalue weighted by atomic mass is 10.1. The van der Waals surface area contributed by atoms with E-state index in [0.29, 0.717) is 12.1 Å². The molecule has 19 heavy (non-hydrogen) atoms. The van der Waals surface area contributed by atoms with Crippen molar-refractivity contribution in [3.63, 3.8) is 0 Å². The molecule has 0 saturated carbocycles. The van der Waals surface area contributed by atoms with Crippen LogP contribution in [0.3, 0.4) is 0 Å². The molecule has 2 nitrogen and oxygen atoms in total. The fourth-order valence-electron chi connectivity index (χ4n) is 2.00. The minimum absolute atomic E-state index is 0.0152. The highest BCUT2D eigenvalue weighted by Gasteiger charge is 2.15. The summed E-state index contributed by atoms with van der Waals surface area (Å²) in [6.07, 6.45) is 0. The fraction of sp³-hybridized carbons (Fsp3) is 0.188. The van der Waals surface area contributed by atoms with Crippen LogP contribution in [0.4, 0.5) is 5.69 Å². The summed E-state index contributed by atoms with van der Waals surface area (Å²) in [5, 5.41) is 0. The first kappa shape index (κ1) is 13.7. The van der Waals surface area contributed by atoms with Crippen LogP contribution in [0, 0.1) is 6.92 Å². The number of benzene rings is 2. The number of hydrogen-bond donors (Lipinski definition) is 1. The van der Waals surface area contributed by atoms with Gasteiger partial charge in [0.25, 0.3) is 5.91 Å². The number of nitrogens with zero attached hydrogens (tertiary/aromatic N) is 1. The lowest BCUT2D eigenvalue weighted by Crippen LogP contribution is -2.30. The van der Waals surface area contributed by atoms with Crippen molar-refractivity contribution in [3.8, 4) is 0 Å². The standard InChI is InChI=1S/C16H17NOS/c1-3-17(14-6-4-5-12(2)11-14)16(18)13-7-9-15(19)10-8-13/h4-11,19H,3H2,1-2H3. The Kier molecular flexibility index (Phi) is 4.27. The Bertz CT molecular complexity index is 578. The van der Waals surface area contributed by atoms with Gasteiger partial charge in [-0.15, -0.1) is 12.6 Å². The number of carbonyl (C=O) groups is 1. The van der Waals surface area contributed by atoms with Crippen molar-refractivity contribution in [2.24, 2.45) is 0 Å². The molecule has 0 unspecified atom stereocenters. The molecule has 0 spiro atoms. The van der Waals surface area contributed by atoms with Crippen molar-refractivity contribution >= 4 is 24.2 Å². The molecule has 0 aliphatic rings. The summed E-state index contributed by atoms with van der Waals surface area (Å²) in [6, 6.07) is 15.3. The van der Waals surface area contributed by atoms with Crippen LogP contribution < -0.4 is 4.90 Å². The van der Waals surface area contributed by atoms with Crippen LogP contribution in [0.2, 0.25) is 0 Å². The van der Waals surface area contributed by atoms with E-state index in [9.17, 15) is 4.79 Å². The molecule has 2 aromatic carbocycles. The smallest absolute Gasteiger partial charge is 0.258 e. The topological polar surface area (TPSA) is 20.3 Å². The monoisotopic (exact) mass is 271 g/mol. The van der Waals surface area contributed by atoms with E-state index in [1.54, 1.807) is 4.90 Å². The molecule has 0 fully saturated rings. The number of hydrogen-bond acceptors (Lipinski definition) is 2. The highest BCUT2D eigenvalue weighted by Crippen LogP contribution is 2.19. The van der Waals surface area contributed by atoms with Crippen LogP contribution in [0.5, 0.6) is 0 Å². The van der Waals surface area contributed by atoms with Crippen LogP contribution in [0.15, 0.2) is 53.4 Å². The molecule has 3 heteroatoms. The molecule has 0 saturated heterocycles. The third kappa shape index (κ3) is 3.18. The Hall–Kier alpha value is -1.74. The minimum atomic E-state index is 0.0152. The Balaban J connectivity index is 2.31. The highest BCUT2D eigenvalue weighted by molar-refractivity contribution is 7.80. The molecule has 0 aliphatic heterocycles. The largest absolute Gasteiger partial charge is 0.309 e. The zero-order valence-electron chi connectivity index (χ0n) is 11.1. The van der Waals surface area contributed by atoms with Crippen molar-refractivity contribution in [1.82, 2.24) is 0 Å². The van der Waals surface area contributed by atoms with Gasteiger partial charge in [-0.3, -0.25) is 4.79 Å². The van der Waals surface area contributed by atoms with Gasteiger partial charge in [0.2, 0.25) is 0 Å². The Morgan fingerprint density at radius 2 is 1.84 bits per heavy atom. The van der Waals surface area contributed by atoms with E-state index < -0.39 is 0 Å². The van der Waals surface area contributed by atoms with Crippen LogP contribution >= 0.6 is 12.6 Å². The Morgan fingerprint density at radius 1 is 1.16 bits per heavy atom. The third-order valence-corrected chi connectivity index (χ3v) is 3.29. The lowest BCUT2D eigenvalue weighted by Gasteiger charge is -2.21. The molecule has 2 aromatic rings. The van der Waals surface area contributed by atoms with Crippen molar-refractivity contribution < 1.29 is 4.79 Å².